The molecule has 1 unspecified atom stereocenters. The molecule has 2 aliphatic heterocycles. The van der Waals surface area contributed by atoms with Gasteiger partial charge in [-0.1, -0.05) is 47.5 Å². The zero-order valence-electron chi connectivity index (χ0n) is 24.7. The van der Waals surface area contributed by atoms with E-state index < -0.39 is 0 Å². The molecule has 2 aromatic carbocycles. The number of rotatable bonds is 6. The molecule has 0 radical (unpaired) electrons. The van der Waals surface area contributed by atoms with Gasteiger partial charge in [0.2, 0.25) is 0 Å². The van der Waals surface area contributed by atoms with Gasteiger partial charge in [-0.15, -0.1) is 0 Å². The highest BCUT2D eigenvalue weighted by Gasteiger charge is 2.17. The van der Waals surface area contributed by atoms with Crippen molar-refractivity contribution in [2.75, 3.05) is 50.0 Å². The number of nitrogens with one attached hydrogen (secondary N) is 4. The van der Waals surface area contributed by atoms with E-state index in [9.17, 15) is 0 Å². The Kier molecular flexibility index (Phi) is 10.9. The largest absolute Gasteiger partial charge is 0.371 e. The number of ether oxygens (including phenoxy) is 2. The molecule has 2 aliphatic rings. The molecule has 2 fully saturated rings. The molecule has 4 N–H and O–H groups in total. The monoisotopic (exact) mass is 620 g/mol. The van der Waals surface area contributed by atoms with Crippen LogP contribution in [0.15, 0.2) is 67.0 Å². The zero-order valence-corrected chi connectivity index (χ0v) is 26.2. The third-order valence-electron chi connectivity index (χ3n) is 7.39. The van der Waals surface area contributed by atoms with Gasteiger partial charge in [0.15, 0.2) is 0 Å². The summed E-state index contributed by atoms with van der Waals surface area (Å²) in [6.45, 7) is 11.1. The minimum atomic E-state index is 0.136. The molecule has 0 aliphatic carbocycles. The topological polar surface area (TPSA) is 92.4 Å². The van der Waals surface area contributed by atoms with Gasteiger partial charge >= 0.3 is 0 Å². The number of aromatic nitrogens is 2. The molecule has 2 aromatic heterocycles. The number of benzene rings is 2. The van der Waals surface area contributed by atoms with Crippen molar-refractivity contribution in [3.8, 4) is 0 Å². The first kappa shape index (κ1) is 31.2. The minimum Gasteiger partial charge on any atom is -0.371 e. The third-order valence-corrected chi connectivity index (χ3v) is 8.18. The Morgan fingerprint density at radius 2 is 1.21 bits per heavy atom. The van der Waals surface area contributed by atoms with E-state index in [0.29, 0.717) is 10.0 Å². The van der Waals surface area contributed by atoms with E-state index in [-0.39, 0.29) is 12.2 Å². The van der Waals surface area contributed by atoms with Crippen molar-refractivity contribution in [3.05, 3.63) is 105 Å². The fraction of sp³-hybridized carbons (Fsp3) is 0.333. The van der Waals surface area contributed by atoms with Crippen molar-refractivity contribution in [1.29, 1.82) is 0 Å². The predicted octanol–water partition coefficient (Wildman–Crippen LogP) is 7.20. The number of pyridine rings is 2. The van der Waals surface area contributed by atoms with E-state index in [1.807, 2.05) is 38.1 Å². The Morgan fingerprint density at radius 3 is 1.72 bits per heavy atom. The normalized spacial score (nSPS) is 18.3. The van der Waals surface area contributed by atoms with Gasteiger partial charge in [-0.3, -0.25) is 0 Å². The summed E-state index contributed by atoms with van der Waals surface area (Å²) < 4.78 is 11.5. The van der Waals surface area contributed by atoms with Crippen LogP contribution < -0.4 is 21.3 Å². The number of hydrogen-bond acceptors (Lipinski definition) is 8. The summed E-state index contributed by atoms with van der Waals surface area (Å²) in [5.74, 6) is 1.59. The van der Waals surface area contributed by atoms with E-state index in [4.69, 9.17) is 32.7 Å². The summed E-state index contributed by atoms with van der Waals surface area (Å²) in [6, 6.07) is 18.5. The number of morpholine rings is 2. The maximum Gasteiger partial charge on any atom is 0.130 e. The molecule has 43 heavy (non-hydrogen) atoms. The molecule has 0 saturated carbocycles. The molecular formula is C33H38Cl2N6O2. The first-order valence-electron chi connectivity index (χ1n) is 14.5. The quantitative estimate of drug-likeness (QED) is 0.180. The average Bonchev–Trinajstić information content (AvgIpc) is 3.03. The zero-order chi connectivity index (χ0) is 30.2. The highest BCUT2D eigenvalue weighted by Crippen LogP contribution is 2.27. The lowest BCUT2D eigenvalue weighted by Gasteiger charge is -2.24. The Morgan fingerprint density at radius 1 is 0.674 bits per heavy atom. The van der Waals surface area contributed by atoms with Crippen LogP contribution in [0, 0.1) is 20.8 Å². The summed E-state index contributed by atoms with van der Waals surface area (Å²) in [4.78, 5) is 8.58. The lowest BCUT2D eigenvalue weighted by atomic mass is 10.0. The van der Waals surface area contributed by atoms with Gasteiger partial charge < -0.3 is 30.7 Å². The van der Waals surface area contributed by atoms with Crippen LogP contribution in [0.25, 0.3) is 0 Å². The van der Waals surface area contributed by atoms with Crippen LogP contribution in [0.1, 0.15) is 40.0 Å². The van der Waals surface area contributed by atoms with Crippen molar-refractivity contribution >= 4 is 46.2 Å². The van der Waals surface area contributed by atoms with Crippen LogP contribution in [-0.2, 0) is 9.47 Å². The van der Waals surface area contributed by atoms with Crippen LogP contribution >= 0.6 is 23.2 Å². The smallest absolute Gasteiger partial charge is 0.130 e. The third kappa shape index (κ3) is 8.66. The summed E-state index contributed by atoms with van der Waals surface area (Å²) in [7, 11) is 0. The van der Waals surface area contributed by atoms with Crippen molar-refractivity contribution in [1.82, 2.24) is 20.6 Å². The van der Waals surface area contributed by atoms with Gasteiger partial charge in [0, 0.05) is 49.9 Å². The Labute approximate surface area is 263 Å². The molecular weight excluding hydrogens is 583 g/mol. The SMILES string of the molecule is Cc1cc(Nc2ccc(C3CNCCO3)cc2C)ncc1Cl.Cc1cc(Nc2ccc([C@H]3CNCCO3)cc2)ncc1Cl. The maximum absolute atomic E-state index is 6.01. The highest BCUT2D eigenvalue weighted by molar-refractivity contribution is 6.31. The molecule has 10 heteroatoms. The van der Waals surface area contributed by atoms with Crippen molar-refractivity contribution in [2.24, 2.45) is 0 Å². The molecule has 0 bridgehead atoms. The molecule has 0 spiro atoms. The molecule has 4 heterocycles. The molecule has 226 valence electrons. The predicted molar refractivity (Wildman–Crippen MR) is 175 cm³/mol. The van der Waals surface area contributed by atoms with E-state index in [0.717, 1.165) is 73.5 Å². The fourth-order valence-corrected chi connectivity index (χ4v) is 5.08. The van der Waals surface area contributed by atoms with Crippen LogP contribution in [-0.4, -0.2) is 49.4 Å². The summed E-state index contributed by atoms with van der Waals surface area (Å²) in [5, 5.41) is 14.7. The van der Waals surface area contributed by atoms with Crippen molar-refractivity contribution in [2.45, 2.75) is 33.0 Å². The Balaban J connectivity index is 0.000000171. The highest BCUT2D eigenvalue weighted by atomic mass is 35.5. The molecule has 2 atom stereocenters. The van der Waals surface area contributed by atoms with Crippen LogP contribution in [0.4, 0.5) is 23.0 Å². The van der Waals surface area contributed by atoms with Crippen LogP contribution in [0.3, 0.4) is 0 Å². The maximum atomic E-state index is 6.01. The average molecular weight is 622 g/mol. The lowest BCUT2D eigenvalue weighted by Crippen LogP contribution is -2.33. The van der Waals surface area contributed by atoms with Gasteiger partial charge in [-0.25, -0.2) is 9.97 Å². The van der Waals surface area contributed by atoms with Gasteiger partial charge in [-0.05, 0) is 78.9 Å². The number of aryl methyl sites for hydroxylation is 3. The van der Waals surface area contributed by atoms with E-state index in [1.54, 1.807) is 12.4 Å². The number of anilines is 4. The molecule has 8 nitrogen and oxygen atoms in total. The number of halogens is 2. The summed E-state index contributed by atoms with van der Waals surface area (Å²) >= 11 is 12.0. The second-order valence-corrected chi connectivity index (χ2v) is 11.5. The summed E-state index contributed by atoms with van der Waals surface area (Å²) in [6.07, 6.45) is 3.61. The number of hydrogen-bond donors (Lipinski definition) is 4. The number of nitrogens with zero attached hydrogens (tertiary/aromatic N) is 2. The standard InChI is InChI=1S/C17H20ClN3O.C16H18ClN3O/c1-11-8-17(20-9-14(11)18)21-15-4-3-13(7-12(15)2)16-10-19-5-6-22-16;1-11-8-16(19-9-14(11)17)20-13-4-2-12(3-5-13)15-10-18-6-7-21-15/h3-4,7-9,16,19H,5-6,10H2,1-2H3,(H,20,21);2-5,8-9,15,18H,6-7,10H2,1H3,(H,19,20)/t;15-/m.1/s1. The second kappa shape index (κ2) is 15.0. The fourth-order valence-electron chi connectivity index (χ4n) is 4.87. The van der Waals surface area contributed by atoms with E-state index >= 15 is 0 Å². The van der Waals surface area contributed by atoms with Crippen LogP contribution in [0.5, 0.6) is 0 Å². The molecule has 2 saturated heterocycles. The van der Waals surface area contributed by atoms with Gasteiger partial charge in [0.25, 0.3) is 0 Å². The first-order chi connectivity index (χ1) is 20.9. The van der Waals surface area contributed by atoms with E-state index in [2.05, 4.69) is 68.5 Å². The van der Waals surface area contributed by atoms with Gasteiger partial charge in [-0.2, -0.15) is 0 Å². The van der Waals surface area contributed by atoms with Crippen molar-refractivity contribution < 1.29 is 9.47 Å². The van der Waals surface area contributed by atoms with Crippen molar-refractivity contribution in [3.63, 3.8) is 0 Å². The lowest BCUT2D eigenvalue weighted by molar-refractivity contribution is 0.0276. The minimum absolute atomic E-state index is 0.136. The molecule has 6 rings (SSSR count). The van der Waals surface area contributed by atoms with Gasteiger partial charge in [0.05, 0.1) is 35.5 Å². The Bertz CT molecular complexity index is 1510. The molecule has 4 aromatic rings. The summed E-state index contributed by atoms with van der Waals surface area (Å²) in [5.41, 5.74) is 7.62. The second-order valence-electron chi connectivity index (χ2n) is 10.7. The van der Waals surface area contributed by atoms with E-state index in [1.165, 1.54) is 16.7 Å². The van der Waals surface area contributed by atoms with Gasteiger partial charge in [0.1, 0.15) is 11.6 Å². The first-order valence-corrected chi connectivity index (χ1v) is 15.2. The molecule has 0 amide bonds. The Hall–Kier alpha value is -3.24. The van der Waals surface area contributed by atoms with Crippen LogP contribution in [0.2, 0.25) is 10.0 Å².